The summed E-state index contributed by atoms with van der Waals surface area (Å²) in [6.45, 7) is 5.61. The fourth-order valence-electron chi connectivity index (χ4n) is 3.47. The molecular weight excluding hydrogens is 338 g/mol. The van der Waals surface area contributed by atoms with Crippen LogP contribution in [0.5, 0.6) is 0 Å². The molecule has 0 unspecified atom stereocenters. The average molecular weight is 365 g/mol. The third kappa shape index (κ3) is 5.04. The van der Waals surface area contributed by atoms with Crippen LogP contribution in [0.25, 0.3) is 0 Å². The molecule has 4 rings (SSSR count). The first-order chi connectivity index (χ1) is 13.3. The van der Waals surface area contributed by atoms with Gasteiger partial charge in [0.25, 0.3) is 5.91 Å². The van der Waals surface area contributed by atoms with Crippen molar-refractivity contribution >= 4 is 11.7 Å². The fraction of sp³-hybridized carbons (Fsp3) is 0.476. The minimum atomic E-state index is -0.114. The molecule has 6 nitrogen and oxygen atoms in total. The smallest absolute Gasteiger partial charge is 0.271 e. The van der Waals surface area contributed by atoms with Crippen LogP contribution in [0.2, 0.25) is 0 Å². The summed E-state index contributed by atoms with van der Waals surface area (Å²) in [6.07, 6.45) is 6.85. The standard InChI is InChI=1S/C21H27N5O/c27-21(23-13-17-7-8-17)19-14-22-15-20(24-19)26-10-4-9-25(11-12-26)16-18-5-2-1-3-6-18/h1-3,5-6,14-15,17H,4,7-13,16H2,(H,23,27). The molecule has 142 valence electrons. The van der Waals surface area contributed by atoms with Gasteiger partial charge < -0.3 is 10.2 Å². The van der Waals surface area contributed by atoms with Crippen molar-refractivity contribution in [3.63, 3.8) is 0 Å². The molecule has 1 aromatic carbocycles. The molecule has 0 bridgehead atoms. The lowest BCUT2D eigenvalue weighted by Gasteiger charge is -2.22. The highest BCUT2D eigenvalue weighted by molar-refractivity contribution is 5.92. The number of benzene rings is 1. The number of nitrogens with one attached hydrogen (secondary N) is 1. The Morgan fingerprint density at radius 3 is 2.74 bits per heavy atom. The number of carbonyl (C=O) groups excluding carboxylic acids is 1. The van der Waals surface area contributed by atoms with Crippen molar-refractivity contribution in [3.05, 3.63) is 54.0 Å². The molecule has 2 aliphatic rings. The van der Waals surface area contributed by atoms with Gasteiger partial charge in [-0.3, -0.25) is 14.7 Å². The minimum Gasteiger partial charge on any atom is -0.354 e. The average Bonchev–Trinajstić information content (AvgIpc) is 3.55. The van der Waals surface area contributed by atoms with Crippen molar-refractivity contribution in [2.75, 3.05) is 37.6 Å². The van der Waals surface area contributed by atoms with Crippen molar-refractivity contribution in [3.8, 4) is 0 Å². The normalized spacial score (nSPS) is 18.1. The number of amides is 1. The molecule has 1 saturated heterocycles. The maximum Gasteiger partial charge on any atom is 0.271 e. The number of anilines is 1. The molecule has 2 heterocycles. The van der Waals surface area contributed by atoms with Crippen molar-refractivity contribution in [1.82, 2.24) is 20.2 Å². The van der Waals surface area contributed by atoms with Crippen LogP contribution in [-0.4, -0.2) is 53.5 Å². The molecule has 1 aliphatic carbocycles. The van der Waals surface area contributed by atoms with Gasteiger partial charge in [-0.15, -0.1) is 0 Å². The third-order valence-electron chi connectivity index (χ3n) is 5.26. The summed E-state index contributed by atoms with van der Waals surface area (Å²) in [5, 5.41) is 2.97. The van der Waals surface area contributed by atoms with Crippen molar-refractivity contribution in [1.29, 1.82) is 0 Å². The topological polar surface area (TPSA) is 61.4 Å². The lowest BCUT2D eigenvalue weighted by Crippen LogP contribution is -2.32. The predicted octanol–water partition coefficient (Wildman–Crippen LogP) is 2.33. The highest BCUT2D eigenvalue weighted by Gasteiger charge is 2.23. The van der Waals surface area contributed by atoms with E-state index < -0.39 is 0 Å². The van der Waals surface area contributed by atoms with E-state index >= 15 is 0 Å². The van der Waals surface area contributed by atoms with Crippen LogP contribution in [0.4, 0.5) is 5.82 Å². The van der Waals surface area contributed by atoms with E-state index in [1.54, 1.807) is 12.4 Å². The van der Waals surface area contributed by atoms with E-state index in [2.05, 4.69) is 55.4 Å². The molecule has 0 radical (unpaired) electrons. The summed E-state index contributed by atoms with van der Waals surface area (Å²) in [7, 11) is 0. The van der Waals surface area contributed by atoms with Gasteiger partial charge in [-0.25, -0.2) is 4.98 Å². The van der Waals surface area contributed by atoms with Gasteiger partial charge >= 0.3 is 0 Å². The number of rotatable bonds is 6. The van der Waals surface area contributed by atoms with Gasteiger partial charge in [0.15, 0.2) is 0 Å². The van der Waals surface area contributed by atoms with Crippen molar-refractivity contribution in [2.45, 2.75) is 25.8 Å². The Kier molecular flexibility index (Phi) is 5.63. The van der Waals surface area contributed by atoms with Crippen LogP contribution < -0.4 is 10.2 Å². The Hall–Kier alpha value is -2.47. The van der Waals surface area contributed by atoms with Crippen LogP contribution in [0.3, 0.4) is 0 Å². The molecule has 1 N–H and O–H groups in total. The molecular formula is C21H27N5O. The Labute approximate surface area is 160 Å². The van der Waals surface area contributed by atoms with Crippen LogP contribution in [0.15, 0.2) is 42.7 Å². The second-order valence-corrected chi connectivity index (χ2v) is 7.52. The summed E-state index contributed by atoms with van der Waals surface area (Å²) in [5.74, 6) is 1.35. The van der Waals surface area contributed by atoms with Crippen molar-refractivity contribution < 1.29 is 4.79 Å². The number of carbonyl (C=O) groups is 1. The number of hydrogen-bond acceptors (Lipinski definition) is 5. The zero-order valence-electron chi connectivity index (χ0n) is 15.7. The van der Waals surface area contributed by atoms with E-state index in [-0.39, 0.29) is 5.91 Å². The van der Waals surface area contributed by atoms with E-state index in [9.17, 15) is 4.79 Å². The number of hydrogen-bond donors (Lipinski definition) is 1. The second kappa shape index (κ2) is 8.48. The molecule has 0 atom stereocenters. The molecule has 2 fully saturated rings. The van der Waals surface area contributed by atoms with Gasteiger partial charge in [0.2, 0.25) is 0 Å². The summed E-state index contributed by atoms with van der Waals surface area (Å²) >= 11 is 0. The van der Waals surface area contributed by atoms with Gasteiger partial charge in [0.1, 0.15) is 11.5 Å². The third-order valence-corrected chi connectivity index (χ3v) is 5.26. The lowest BCUT2D eigenvalue weighted by molar-refractivity contribution is 0.0946. The van der Waals surface area contributed by atoms with Gasteiger partial charge in [-0.05, 0) is 30.7 Å². The lowest BCUT2D eigenvalue weighted by atomic mass is 10.2. The highest BCUT2D eigenvalue weighted by atomic mass is 16.1. The van der Waals surface area contributed by atoms with E-state index in [1.807, 2.05) is 0 Å². The molecule has 1 aromatic heterocycles. The first-order valence-corrected chi connectivity index (χ1v) is 9.89. The molecule has 27 heavy (non-hydrogen) atoms. The van der Waals surface area contributed by atoms with Crippen LogP contribution in [0, 0.1) is 5.92 Å². The van der Waals surface area contributed by atoms with Gasteiger partial charge in [-0.1, -0.05) is 30.3 Å². The summed E-state index contributed by atoms with van der Waals surface area (Å²) in [4.78, 5) is 25.9. The largest absolute Gasteiger partial charge is 0.354 e. The predicted molar refractivity (Wildman–Crippen MR) is 106 cm³/mol. The zero-order chi connectivity index (χ0) is 18.5. The first kappa shape index (κ1) is 17.9. The molecule has 1 amide bonds. The maximum atomic E-state index is 12.3. The Morgan fingerprint density at radius 2 is 1.93 bits per heavy atom. The Morgan fingerprint density at radius 1 is 1.07 bits per heavy atom. The Balaban J connectivity index is 1.35. The molecule has 0 spiro atoms. The van der Waals surface area contributed by atoms with E-state index in [1.165, 1.54) is 18.4 Å². The number of aromatic nitrogens is 2. The fourth-order valence-corrected chi connectivity index (χ4v) is 3.47. The molecule has 2 aromatic rings. The SMILES string of the molecule is O=C(NCC1CC1)c1cncc(N2CCCN(Cc3ccccc3)CC2)n1. The zero-order valence-corrected chi connectivity index (χ0v) is 15.7. The van der Waals surface area contributed by atoms with E-state index in [0.29, 0.717) is 11.6 Å². The van der Waals surface area contributed by atoms with Crippen LogP contribution in [-0.2, 0) is 6.54 Å². The first-order valence-electron chi connectivity index (χ1n) is 9.89. The quantitative estimate of drug-likeness (QED) is 0.851. The van der Waals surface area contributed by atoms with E-state index in [0.717, 1.165) is 51.5 Å². The Bertz CT molecular complexity index is 762. The molecule has 1 saturated carbocycles. The van der Waals surface area contributed by atoms with E-state index in [4.69, 9.17) is 0 Å². The van der Waals surface area contributed by atoms with Crippen LogP contribution >= 0.6 is 0 Å². The summed E-state index contributed by atoms with van der Waals surface area (Å²) < 4.78 is 0. The van der Waals surface area contributed by atoms with Crippen molar-refractivity contribution in [2.24, 2.45) is 5.92 Å². The second-order valence-electron chi connectivity index (χ2n) is 7.52. The summed E-state index contributed by atoms with van der Waals surface area (Å²) in [6, 6.07) is 10.6. The van der Waals surface area contributed by atoms with Gasteiger partial charge in [0.05, 0.1) is 12.4 Å². The van der Waals surface area contributed by atoms with Crippen LogP contribution in [0.1, 0.15) is 35.3 Å². The molecule has 6 heteroatoms. The maximum absolute atomic E-state index is 12.3. The molecule has 1 aliphatic heterocycles. The minimum absolute atomic E-state index is 0.114. The number of nitrogens with zero attached hydrogens (tertiary/aromatic N) is 4. The van der Waals surface area contributed by atoms with Gasteiger partial charge in [0, 0.05) is 39.3 Å². The summed E-state index contributed by atoms with van der Waals surface area (Å²) in [5.41, 5.74) is 1.76. The monoisotopic (exact) mass is 365 g/mol. The van der Waals surface area contributed by atoms with Gasteiger partial charge in [-0.2, -0.15) is 0 Å². The highest BCUT2D eigenvalue weighted by Crippen LogP contribution is 2.27.